The van der Waals surface area contributed by atoms with Crippen molar-refractivity contribution in [1.82, 2.24) is 0 Å². The summed E-state index contributed by atoms with van der Waals surface area (Å²) in [5.74, 6) is 0.864. The molecule has 0 aliphatic carbocycles. The van der Waals surface area contributed by atoms with Crippen molar-refractivity contribution in [3.8, 4) is 5.75 Å². The summed E-state index contributed by atoms with van der Waals surface area (Å²) in [5, 5.41) is 4.29. The third-order valence-electron chi connectivity index (χ3n) is 4.13. The predicted molar refractivity (Wildman–Crippen MR) is 101 cm³/mol. The quantitative estimate of drug-likeness (QED) is 0.665. The predicted octanol–water partition coefficient (Wildman–Crippen LogP) is 5.40. The van der Waals surface area contributed by atoms with Crippen LogP contribution in [0.3, 0.4) is 0 Å². The molecule has 0 atom stereocenters. The van der Waals surface area contributed by atoms with Crippen LogP contribution in [0.2, 0.25) is 5.02 Å². The van der Waals surface area contributed by atoms with E-state index in [2.05, 4.69) is 31.3 Å². The van der Waals surface area contributed by atoms with Crippen LogP contribution in [0.5, 0.6) is 5.75 Å². The first-order valence-electron chi connectivity index (χ1n) is 8.11. The van der Waals surface area contributed by atoms with Crippen molar-refractivity contribution >= 4 is 34.2 Å². The number of carbonyl (C=O) groups excluding carboxylic acids is 1. The van der Waals surface area contributed by atoms with Crippen molar-refractivity contribution in [3.63, 3.8) is 0 Å². The molecule has 2 aromatic carbocycles. The molecule has 0 fully saturated rings. The Morgan fingerprint density at radius 1 is 1.24 bits per heavy atom. The molecule has 5 heteroatoms. The maximum absolute atomic E-state index is 12.4. The number of rotatable bonds is 5. The van der Waals surface area contributed by atoms with Gasteiger partial charge >= 0.3 is 0 Å². The Hall–Kier alpha value is -2.46. The molecule has 0 saturated carbocycles. The van der Waals surface area contributed by atoms with E-state index in [9.17, 15) is 4.79 Å². The minimum Gasteiger partial charge on any atom is -0.495 e. The van der Waals surface area contributed by atoms with Gasteiger partial charge in [0.25, 0.3) is 0 Å². The third kappa shape index (κ3) is 3.80. The number of nitrogens with one attached hydrogen (secondary N) is 1. The monoisotopic (exact) mass is 357 g/mol. The van der Waals surface area contributed by atoms with Crippen LogP contribution in [0.15, 0.2) is 47.1 Å². The van der Waals surface area contributed by atoms with Crippen LogP contribution in [-0.2, 0) is 11.2 Å². The van der Waals surface area contributed by atoms with Crippen molar-refractivity contribution in [2.75, 3.05) is 12.4 Å². The Balaban J connectivity index is 1.77. The highest BCUT2D eigenvalue weighted by Crippen LogP contribution is 2.28. The van der Waals surface area contributed by atoms with Gasteiger partial charge in [0.2, 0.25) is 5.91 Å². The molecule has 0 aliphatic heterocycles. The van der Waals surface area contributed by atoms with E-state index in [1.54, 1.807) is 31.6 Å². The number of carbonyl (C=O) groups is 1. The Morgan fingerprint density at radius 2 is 2.04 bits per heavy atom. The fourth-order valence-corrected chi connectivity index (χ4v) is 2.98. The summed E-state index contributed by atoms with van der Waals surface area (Å²) in [7, 11) is 1.55. The molecule has 0 bridgehead atoms. The van der Waals surface area contributed by atoms with Crippen molar-refractivity contribution in [1.29, 1.82) is 0 Å². The first-order chi connectivity index (χ1) is 12.0. The topological polar surface area (TPSA) is 51.5 Å². The molecule has 4 nitrogen and oxygen atoms in total. The Bertz CT molecular complexity index is 914. The summed E-state index contributed by atoms with van der Waals surface area (Å²) in [6, 6.07) is 11.3. The largest absolute Gasteiger partial charge is 0.495 e. The maximum Gasteiger partial charge on any atom is 0.228 e. The fourth-order valence-electron chi connectivity index (χ4n) is 2.72. The number of hydrogen-bond donors (Lipinski definition) is 1. The van der Waals surface area contributed by atoms with Crippen molar-refractivity contribution in [2.45, 2.75) is 26.2 Å². The van der Waals surface area contributed by atoms with Gasteiger partial charge in [0.1, 0.15) is 11.3 Å². The number of halogens is 1. The Kier molecular flexibility index (Phi) is 5.00. The molecular formula is C20H20ClNO3. The second-order valence-electron chi connectivity index (χ2n) is 6.25. The molecule has 3 aromatic rings. The first-order valence-corrected chi connectivity index (χ1v) is 8.49. The minimum atomic E-state index is -0.126. The van der Waals surface area contributed by atoms with E-state index in [1.807, 2.05) is 6.07 Å². The van der Waals surface area contributed by atoms with Gasteiger partial charge < -0.3 is 14.5 Å². The van der Waals surface area contributed by atoms with Gasteiger partial charge in [-0.2, -0.15) is 0 Å². The highest BCUT2D eigenvalue weighted by molar-refractivity contribution is 6.32. The second-order valence-corrected chi connectivity index (χ2v) is 6.65. The minimum absolute atomic E-state index is 0.126. The smallest absolute Gasteiger partial charge is 0.228 e. The molecule has 0 spiro atoms. The molecule has 0 radical (unpaired) electrons. The zero-order chi connectivity index (χ0) is 18.0. The normalized spacial score (nSPS) is 11.1. The summed E-state index contributed by atoms with van der Waals surface area (Å²) in [6.45, 7) is 4.28. The van der Waals surface area contributed by atoms with Gasteiger partial charge in [0.15, 0.2) is 0 Å². The second kappa shape index (κ2) is 7.19. The molecule has 1 N–H and O–H groups in total. The molecule has 3 rings (SSSR count). The molecule has 1 heterocycles. The van der Waals surface area contributed by atoms with E-state index in [-0.39, 0.29) is 12.3 Å². The first kappa shape index (κ1) is 17.4. The molecule has 1 amide bonds. The average molecular weight is 358 g/mol. The Morgan fingerprint density at radius 3 is 2.72 bits per heavy atom. The molecule has 0 saturated heterocycles. The summed E-state index contributed by atoms with van der Waals surface area (Å²) < 4.78 is 10.7. The van der Waals surface area contributed by atoms with Gasteiger partial charge in [-0.25, -0.2) is 0 Å². The van der Waals surface area contributed by atoms with Crippen LogP contribution in [0, 0.1) is 0 Å². The van der Waals surface area contributed by atoms with Gasteiger partial charge in [-0.3, -0.25) is 4.79 Å². The number of furan rings is 1. The van der Waals surface area contributed by atoms with Crippen molar-refractivity contribution in [3.05, 3.63) is 58.8 Å². The summed E-state index contributed by atoms with van der Waals surface area (Å²) in [6.07, 6.45) is 1.88. The van der Waals surface area contributed by atoms with Gasteiger partial charge in [-0.05, 0) is 41.8 Å². The van der Waals surface area contributed by atoms with Crippen LogP contribution in [-0.4, -0.2) is 13.0 Å². The molecule has 25 heavy (non-hydrogen) atoms. The number of fused-ring (bicyclic) bond motifs is 1. The number of benzene rings is 2. The molecule has 1 aromatic heterocycles. The van der Waals surface area contributed by atoms with Crippen LogP contribution in [0.1, 0.15) is 30.9 Å². The van der Waals surface area contributed by atoms with Crippen molar-refractivity contribution in [2.24, 2.45) is 0 Å². The van der Waals surface area contributed by atoms with Gasteiger partial charge in [-0.1, -0.05) is 31.5 Å². The number of anilines is 1. The maximum atomic E-state index is 12.4. The lowest BCUT2D eigenvalue weighted by Gasteiger charge is -2.08. The molecule has 0 unspecified atom stereocenters. The Labute approximate surface area is 151 Å². The van der Waals surface area contributed by atoms with Gasteiger partial charge in [0, 0.05) is 16.6 Å². The molecule has 0 aliphatic rings. The molecule has 130 valence electrons. The number of ether oxygens (including phenoxy) is 1. The zero-order valence-corrected chi connectivity index (χ0v) is 15.2. The van der Waals surface area contributed by atoms with Crippen LogP contribution >= 0.6 is 11.6 Å². The SMILES string of the molecule is COc1ccc(NC(=O)Cc2coc3ccc(C(C)C)cc23)cc1Cl. The fraction of sp³-hybridized carbons (Fsp3) is 0.250. The molecular weight excluding hydrogens is 338 g/mol. The van der Waals surface area contributed by atoms with E-state index in [0.29, 0.717) is 22.4 Å². The number of hydrogen-bond acceptors (Lipinski definition) is 3. The van der Waals surface area contributed by atoms with E-state index in [0.717, 1.165) is 16.5 Å². The lowest BCUT2D eigenvalue weighted by atomic mass is 10.00. The number of amides is 1. The van der Waals surface area contributed by atoms with E-state index >= 15 is 0 Å². The van der Waals surface area contributed by atoms with Crippen LogP contribution < -0.4 is 10.1 Å². The van der Waals surface area contributed by atoms with E-state index in [1.165, 1.54) is 5.56 Å². The number of methoxy groups -OCH3 is 1. The summed E-state index contributed by atoms with van der Waals surface area (Å²) >= 11 is 6.09. The highest BCUT2D eigenvalue weighted by atomic mass is 35.5. The summed E-state index contributed by atoms with van der Waals surface area (Å²) in [4.78, 5) is 12.4. The van der Waals surface area contributed by atoms with E-state index in [4.69, 9.17) is 20.8 Å². The lowest BCUT2D eigenvalue weighted by molar-refractivity contribution is -0.115. The third-order valence-corrected chi connectivity index (χ3v) is 4.43. The lowest BCUT2D eigenvalue weighted by Crippen LogP contribution is -2.14. The standard InChI is InChI=1S/C20H20ClNO3/c1-12(2)13-4-6-18-16(8-13)14(11-25-18)9-20(23)22-15-5-7-19(24-3)17(21)10-15/h4-8,10-12H,9H2,1-3H3,(H,22,23). The average Bonchev–Trinajstić information content (AvgIpc) is 2.97. The zero-order valence-electron chi connectivity index (χ0n) is 14.4. The summed E-state index contributed by atoms with van der Waals surface area (Å²) in [5.41, 5.74) is 3.51. The van der Waals surface area contributed by atoms with E-state index < -0.39 is 0 Å². The van der Waals surface area contributed by atoms with Crippen LogP contribution in [0.4, 0.5) is 5.69 Å². The van der Waals surface area contributed by atoms with Crippen molar-refractivity contribution < 1.29 is 13.9 Å². The highest BCUT2D eigenvalue weighted by Gasteiger charge is 2.13. The van der Waals surface area contributed by atoms with Gasteiger partial charge in [0.05, 0.1) is 24.8 Å². The van der Waals surface area contributed by atoms with Gasteiger partial charge in [-0.15, -0.1) is 0 Å². The van der Waals surface area contributed by atoms with Crippen LogP contribution in [0.25, 0.3) is 11.0 Å².